The molecule has 0 saturated heterocycles. The molecule has 0 fully saturated rings. The van der Waals surface area contributed by atoms with E-state index in [2.05, 4.69) is 6.58 Å². The van der Waals surface area contributed by atoms with Gasteiger partial charge < -0.3 is 4.74 Å². The maximum Gasteiger partial charge on any atom is 0.303 e. The second-order valence-corrected chi connectivity index (χ2v) is 2.96. The van der Waals surface area contributed by atoms with E-state index in [1.807, 2.05) is 0 Å². The molecule has 1 atom stereocenters. The molecule has 1 unspecified atom stereocenters. The third-order valence-corrected chi connectivity index (χ3v) is 1.83. The lowest BCUT2D eigenvalue weighted by molar-refractivity contribution is -0.159. The molecule has 0 spiro atoms. The van der Waals surface area contributed by atoms with E-state index >= 15 is 0 Å². The van der Waals surface area contributed by atoms with Crippen molar-refractivity contribution < 1.29 is 14.3 Å². The van der Waals surface area contributed by atoms with Crippen LogP contribution in [0.5, 0.6) is 0 Å². The molecule has 12 heavy (non-hydrogen) atoms. The Balaban J connectivity index is 4.75. The summed E-state index contributed by atoms with van der Waals surface area (Å²) in [6.45, 7) is 9.44. The standard InChI is InChI=1S/C9H14O3/c1-6(2)9(5,7(3)10)12-8(4)11/h1H2,2-5H3. The summed E-state index contributed by atoms with van der Waals surface area (Å²) in [5.74, 6) is -0.694. The number of ketones is 1. The van der Waals surface area contributed by atoms with Crippen LogP contribution in [0.3, 0.4) is 0 Å². The van der Waals surface area contributed by atoms with Crippen LogP contribution in [0.2, 0.25) is 0 Å². The largest absolute Gasteiger partial charge is 0.447 e. The molecule has 0 aliphatic rings. The Bertz CT molecular complexity index is 214. The number of carbonyl (C=O) groups excluding carboxylic acids is 2. The Morgan fingerprint density at radius 1 is 1.25 bits per heavy atom. The molecule has 0 aliphatic heterocycles. The highest BCUT2D eigenvalue weighted by Gasteiger charge is 2.33. The normalized spacial score (nSPS) is 14.7. The van der Waals surface area contributed by atoms with Crippen LogP contribution in [0.15, 0.2) is 12.2 Å². The molecule has 0 rings (SSSR count). The first kappa shape index (κ1) is 10.9. The van der Waals surface area contributed by atoms with Gasteiger partial charge in [-0.3, -0.25) is 9.59 Å². The number of hydrogen-bond donors (Lipinski definition) is 0. The van der Waals surface area contributed by atoms with Crippen molar-refractivity contribution in [3.8, 4) is 0 Å². The third kappa shape index (κ3) is 2.19. The smallest absolute Gasteiger partial charge is 0.303 e. The van der Waals surface area contributed by atoms with Gasteiger partial charge in [0.2, 0.25) is 0 Å². The van der Waals surface area contributed by atoms with E-state index in [1.165, 1.54) is 13.8 Å². The van der Waals surface area contributed by atoms with Crippen LogP contribution in [0, 0.1) is 0 Å². The fourth-order valence-electron chi connectivity index (χ4n) is 0.747. The number of hydrogen-bond acceptors (Lipinski definition) is 3. The Labute approximate surface area is 72.4 Å². The average molecular weight is 170 g/mol. The summed E-state index contributed by atoms with van der Waals surface area (Å²) < 4.78 is 4.87. The van der Waals surface area contributed by atoms with Gasteiger partial charge in [-0.25, -0.2) is 0 Å². The van der Waals surface area contributed by atoms with Gasteiger partial charge in [0.05, 0.1) is 0 Å². The second kappa shape index (κ2) is 3.52. The predicted octanol–water partition coefficient (Wildman–Crippen LogP) is 1.47. The van der Waals surface area contributed by atoms with Gasteiger partial charge in [-0.2, -0.15) is 0 Å². The molecule has 0 saturated carbocycles. The van der Waals surface area contributed by atoms with Gasteiger partial charge in [-0.1, -0.05) is 6.58 Å². The first-order chi connectivity index (χ1) is 5.30. The number of Topliss-reactive ketones (excluding diaryl/α,β-unsaturated/α-hetero) is 1. The van der Waals surface area contributed by atoms with Crippen molar-refractivity contribution in [2.75, 3.05) is 0 Å². The minimum absolute atomic E-state index is 0.217. The van der Waals surface area contributed by atoms with Crippen molar-refractivity contribution in [1.29, 1.82) is 0 Å². The van der Waals surface area contributed by atoms with Crippen molar-refractivity contribution in [2.24, 2.45) is 0 Å². The van der Waals surface area contributed by atoms with Gasteiger partial charge in [0.15, 0.2) is 11.4 Å². The summed E-state index contributed by atoms with van der Waals surface area (Å²) in [6, 6.07) is 0. The summed E-state index contributed by atoms with van der Waals surface area (Å²) in [5, 5.41) is 0. The number of esters is 1. The fourth-order valence-corrected chi connectivity index (χ4v) is 0.747. The lowest BCUT2D eigenvalue weighted by Gasteiger charge is -2.26. The zero-order valence-electron chi connectivity index (χ0n) is 7.93. The van der Waals surface area contributed by atoms with Gasteiger partial charge in [0.25, 0.3) is 0 Å². The number of carbonyl (C=O) groups is 2. The highest BCUT2D eigenvalue weighted by Crippen LogP contribution is 2.20. The van der Waals surface area contributed by atoms with Gasteiger partial charge in [-0.05, 0) is 26.3 Å². The first-order valence-electron chi connectivity index (χ1n) is 3.67. The van der Waals surface area contributed by atoms with Crippen molar-refractivity contribution in [1.82, 2.24) is 0 Å². The SMILES string of the molecule is C=C(C)C(C)(OC(C)=O)C(C)=O. The Hall–Kier alpha value is -1.12. The molecular weight excluding hydrogens is 156 g/mol. The number of ether oxygens (including phenoxy) is 1. The van der Waals surface area contributed by atoms with E-state index < -0.39 is 11.6 Å². The van der Waals surface area contributed by atoms with Crippen LogP contribution >= 0.6 is 0 Å². The fraction of sp³-hybridized carbons (Fsp3) is 0.556. The number of rotatable bonds is 3. The maximum atomic E-state index is 11.1. The summed E-state index contributed by atoms with van der Waals surface area (Å²) in [7, 11) is 0. The molecule has 0 radical (unpaired) electrons. The topological polar surface area (TPSA) is 43.4 Å². The highest BCUT2D eigenvalue weighted by molar-refractivity contribution is 5.90. The first-order valence-corrected chi connectivity index (χ1v) is 3.67. The van der Waals surface area contributed by atoms with E-state index in [0.717, 1.165) is 0 Å². The predicted molar refractivity (Wildman–Crippen MR) is 45.7 cm³/mol. The second-order valence-electron chi connectivity index (χ2n) is 2.96. The lowest BCUT2D eigenvalue weighted by Crippen LogP contribution is -2.39. The van der Waals surface area contributed by atoms with E-state index in [9.17, 15) is 9.59 Å². The van der Waals surface area contributed by atoms with E-state index in [4.69, 9.17) is 4.74 Å². The summed E-state index contributed by atoms with van der Waals surface area (Å²) in [6.07, 6.45) is 0. The average Bonchev–Trinajstić information content (AvgIpc) is 1.84. The van der Waals surface area contributed by atoms with Crippen molar-refractivity contribution in [3.05, 3.63) is 12.2 Å². The van der Waals surface area contributed by atoms with Crippen LogP contribution in [-0.2, 0) is 14.3 Å². The molecule has 3 nitrogen and oxygen atoms in total. The van der Waals surface area contributed by atoms with Gasteiger partial charge in [0.1, 0.15) is 0 Å². The van der Waals surface area contributed by atoms with E-state index in [-0.39, 0.29) is 5.78 Å². The zero-order chi connectivity index (χ0) is 9.94. The molecule has 0 N–H and O–H groups in total. The third-order valence-electron chi connectivity index (χ3n) is 1.83. The lowest BCUT2D eigenvalue weighted by atomic mass is 9.94. The van der Waals surface area contributed by atoms with Crippen molar-refractivity contribution >= 4 is 11.8 Å². The molecule has 0 aromatic carbocycles. The summed E-state index contributed by atoms with van der Waals surface area (Å²) in [5.41, 5.74) is -0.628. The zero-order valence-corrected chi connectivity index (χ0v) is 7.93. The van der Waals surface area contributed by atoms with Gasteiger partial charge >= 0.3 is 5.97 Å². The van der Waals surface area contributed by atoms with Crippen LogP contribution in [0.1, 0.15) is 27.7 Å². The Morgan fingerprint density at radius 2 is 1.67 bits per heavy atom. The molecule has 0 bridgehead atoms. The highest BCUT2D eigenvalue weighted by atomic mass is 16.6. The Morgan fingerprint density at radius 3 is 1.75 bits per heavy atom. The van der Waals surface area contributed by atoms with E-state index in [1.54, 1.807) is 13.8 Å². The molecule has 0 aliphatic carbocycles. The molecule has 68 valence electrons. The maximum absolute atomic E-state index is 11.1. The minimum Gasteiger partial charge on any atom is -0.447 e. The molecular formula is C9H14O3. The van der Waals surface area contributed by atoms with Crippen LogP contribution in [-0.4, -0.2) is 17.4 Å². The summed E-state index contributed by atoms with van der Waals surface area (Å²) >= 11 is 0. The van der Waals surface area contributed by atoms with Crippen LogP contribution < -0.4 is 0 Å². The minimum atomic E-state index is -1.16. The molecule has 3 heteroatoms. The van der Waals surface area contributed by atoms with Gasteiger partial charge in [0, 0.05) is 6.92 Å². The van der Waals surface area contributed by atoms with Crippen molar-refractivity contribution in [3.63, 3.8) is 0 Å². The molecule has 0 heterocycles. The van der Waals surface area contributed by atoms with Crippen molar-refractivity contribution in [2.45, 2.75) is 33.3 Å². The van der Waals surface area contributed by atoms with Crippen LogP contribution in [0.25, 0.3) is 0 Å². The molecule has 0 aromatic rings. The molecule has 0 aromatic heterocycles. The Kier molecular flexibility index (Phi) is 3.19. The molecule has 0 amide bonds. The summed E-state index contributed by atoms with van der Waals surface area (Å²) in [4.78, 5) is 21.8. The van der Waals surface area contributed by atoms with E-state index in [0.29, 0.717) is 5.57 Å². The van der Waals surface area contributed by atoms with Crippen LogP contribution in [0.4, 0.5) is 0 Å². The van der Waals surface area contributed by atoms with Gasteiger partial charge in [-0.15, -0.1) is 0 Å². The monoisotopic (exact) mass is 170 g/mol. The quantitative estimate of drug-likeness (QED) is 0.476.